The van der Waals surface area contributed by atoms with Gasteiger partial charge >= 0.3 is 35.7 Å². The van der Waals surface area contributed by atoms with Gasteiger partial charge in [-0.3, -0.25) is 4.79 Å². The monoisotopic (exact) mass is 136 g/mol. The molecule has 2 nitrogen and oxygen atoms in total. The summed E-state index contributed by atoms with van der Waals surface area (Å²) in [4.78, 5) is 5.00. The van der Waals surface area contributed by atoms with E-state index in [1.807, 2.05) is 0 Å². The van der Waals surface area contributed by atoms with Gasteiger partial charge in [-0.15, -0.1) is 0 Å². The quantitative estimate of drug-likeness (QED) is 0.499. The van der Waals surface area contributed by atoms with Crippen LogP contribution in [0.2, 0.25) is 0 Å². The Labute approximate surface area is 59.2 Å². The van der Waals surface area contributed by atoms with Crippen LogP contribution in [0.4, 0.5) is 13.2 Å². The van der Waals surface area contributed by atoms with Crippen molar-refractivity contribution in [3.05, 3.63) is 0 Å². The summed E-state index contributed by atoms with van der Waals surface area (Å²) in [7, 11) is 0. The Bertz CT molecular complexity index is 79.5. The Kier molecular flexibility index (Phi) is 6.09. The first-order valence-corrected chi connectivity index (χ1v) is 1.99. The Morgan fingerprint density at radius 2 is 1.56 bits per heavy atom. The van der Waals surface area contributed by atoms with Crippen LogP contribution in [-0.4, -0.2) is 33.6 Å². The minimum absolute atomic E-state index is 0.188. The predicted molar refractivity (Wildman–Crippen MR) is 25.1 cm³/mol. The topological polar surface area (TPSA) is 37.3 Å². The number of halogens is 3. The van der Waals surface area contributed by atoms with E-state index in [0.29, 0.717) is 0 Å². The van der Waals surface area contributed by atoms with Gasteiger partial charge in [0.15, 0.2) is 0 Å². The molecule has 0 aromatic carbocycles. The maximum absolute atomic E-state index is 10.4. The molecule has 0 amide bonds. The van der Waals surface area contributed by atoms with Gasteiger partial charge in [0.05, 0.1) is 0 Å². The van der Waals surface area contributed by atoms with E-state index in [1.54, 1.807) is 0 Å². The molecule has 0 aliphatic heterocycles. The first kappa shape index (κ1) is 11.6. The predicted octanol–water partition coefficient (Wildman–Crippen LogP) is 0.766. The summed E-state index contributed by atoms with van der Waals surface area (Å²) in [5, 5.41) is 7.42. The van der Waals surface area contributed by atoms with E-state index >= 15 is 0 Å². The van der Waals surface area contributed by atoms with Gasteiger partial charge in [-0.1, -0.05) is 0 Å². The van der Waals surface area contributed by atoms with Crippen LogP contribution in [0, 0.1) is 0 Å². The average Bonchev–Trinajstić information content (AvgIpc) is 1.19. The van der Waals surface area contributed by atoms with Gasteiger partial charge in [0, 0.05) is 6.92 Å². The van der Waals surface area contributed by atoms with Crippen LogP contribution >= 0.6 is 0 Å². The number of alkyl halides is 3. The molecule has 0 saturated carbocycles. The number of carboxylic acids is 1. The van der Waals surface area contributed by atoms with Crippen molar-refractivity contribution < 1.29 is 23.1 Å². The van der Waals surface area contributed by atoms with Crippen LogP contribution in [-0.2, 0) is 4.79 Å². The molecule has 0 unspecified atom stereocenters. The molecule has 0 aromatic rings. The van der Waals surface area contributed by atoms with Crippen LogP contribution in [0.15, 0.2) is 0 Å². The third-order valence-electron chi connectivity index (χ3n) is 0. The first-order chi connectivity index (χ1) is 3.73. The number of carboxylic acid groups (broad SMARTS) is 1. The summed E-state index contributed by atoms with van der Waals surface area (Å²) in [5.41, 5.74) is 0. The summed E-state index contributed by atoms with van der Waals surface area (Å²) in [6.07, 6.45) is 0. The fraction of sp³-hybridized carbons (Fsp3) is 0.667. The van der Waals surface area contributed by atoms with Gasteiger partial charge in [-0.25, -0.2) is 0 Å². The van der Waals surface area contributed by atoms with Crippen molar-refractivity contribution in [3.63, 3.8) is 0 Å². The first-order valence-electron chi connectivity index (χ1n) is 1.99. The second kappa shape index (κ2) is 4.71. The summed E-state index contributed by atoms with van der Waals surface area (Å²) < 4.78 is 31.1. The fourth-order valence-corrected chi connectivity index (χ4v) is 0. The molecule has 1 N–H and O–H groups in total. The molecule has 0 aromatic heterocycles. The molecule has 6 heteroatoms. The Balaban J connectivity index is 0. The SMILES string of the molecule is CC(=O)O.[Li][C](F)(F)F. The molecule has 50 valence electrons. The van der Waals surface area contributed by atoms with E-state index in [9.17, 15) is 13.2 Å². The number of hydrogen-bond acceptors (Lipinski definition) is 1. The molecule has 0 heterocycles. The zero-order valence-electron chi connectivity index (χ0n) is 4.99. The van der Waals surface area contributed by atoms with Crippen molar-refractivity contribution in [1.29, 1.82) is 0 Å². The Hall–Kier alpha value is -0.143. The summed E-state index contributed by atoms with van der Waals surface area (Å²) in [5.74, 6) is -0.833. The van der Waals surface area contributed by atoms with E-state index in [1.165, 1.54) is 0 Å². The number of rotatable bonds is 0. The third-order valence-corrected chi connectivity index (χ3v) is 0. The van der Waals surface area contributed by atoms with E-state index in [4.69, 9.17) is 9.90 Å². The maximum atomic E-state index is 10.4. The summed E-state index contributed by atoms with van der Waals surface area (Å²) in [6.45, 7) is 1.08. The van der Waals surface area contributed by atoms with Gasteiger partial charge in [0.1, 0.15) is 0 Å². The average molecular weight is 136 g/mol. The molecule has 0 aliphatic carbocycles. The molecule has 0 saturated heterocycles. The van der Waals surface area contributed by atoms with E-state index in [-0.39, 0.29) is 17.7 Å². The van der Waals surface area contributed by atoms with Gasteiger partial charge in [-0.2, -0.15) is 0 Å². The van der Waals surface area contributed by atoms with E-state index < -0.39 is 10.8 Å². The molecular formula is C3H4F3LiO2. The van der Waals surface area contributed by atoms with Crippen LogP contribution < -0.4 is 0 Å². The van der Waals surface area contributed by atoms with Crippen molar-refractivity contribution in [2.24, 2.45) is 0 Å². The van der Waals surface area contributed by atoms with E-state index in [2.05, 4.69) is 0 Å². The zero-order valence-corrected chi connectivity index (χ0v) is 4.99. The second-order valence-corrected chi connectivity index (χ2v) is 1.30. The van der Waals surface area contributed by atoms with Crippen molar-refractivity contribution >= 4 is 23.7 Å². The second-order valence-electron chi connectivity index (χ2n) is 1.30. The molecule has 0 rings (SSSR count). The molecule has 0 spiro atoms. The van der Waals surface area contributed by atoms with Crippen molar-refractivity contribution in [2.75, 3.05) is 0 Å². The summed E-state index contributed by atoms with van der Waals surface area (Å²) >= 11 is 0.188. The van der Waals surface area contributed by atoms with Crippen LogP contribution in [0.5, 0.6) is 0 Å². The number of hydrogen-bond donors (Lipinski definition) is 1. The molecule has 0 atom stereocenters. The molecule has 0 aliphatic rings. The fourth-order valence-electron chi connectivity index (χ4n) is 0. The molecule has 9 heavy (non-hydrogen) atoms. The van der Waals surface area contributed by atoms with Crippen LogP contribution in [0.1, 0.15) is 6.92 Å². The zero-order chi connectivity index (χ0) is 8.08. The van der Waals surface area contributed by atoms with Crippen LogP contribution in [0.3, 0.4) is 0 Å². The van der Waals surface area contributed by atoms with Gasteiger partial charge in [0.2, 0.25) is 0 Å². The van der Waals surface area contributed by atoms with Crippen molar-refractivity contribution in [3.8, 4) is 0 Å². The van der Waals surface area contributed by atoms with Crippen molar-refractivity contribution in [2.45, 2.75) is 11.8 Å². The molecule has 0 radical (unpaired) electrons. The third kappa shape index (κ3) is 13300. The Morgan fingerprint density at radius 3 is 1.56 bits per heavy atom. The van der Waals surface area contributed by atoms with Gasteiger partial charge < -0.3 is 5.11 Å². The van der Waals surface area contributed by atoms with Gasteiger partial charge in [-0.05, 0) is 0 Å². The number of carbonyl (C=O) groups is 1. The summed E-state index contributed by atoms with van der Waals surface area (Å²) in [6, 6.07) is 0. The number of aliphatic carboxylic acids is 1. The standard InChI is InChI=1S/C2H4O2.CF3.Li/c1-2(3)4;2-1(3)4;/h1H3,(H,3,4);;. The molecule has 0 fully saturated rings. The molecule has 0 bridgehead atoms. The van der Waals surface area contributed by atoms with Crippen LogP contribution in [0.25, 0.3) is 0 Å². The van der Waals surface area contributed by atoms with Gasteiger partial charge in [0.25, 0.3) is 5.97 Å². The Morgan fingerprint density at radius 1 is 1.56 bits per heavy atom. The molecular weight excluding hydrogens is 132 g/mol. The minimum atomic E-state index is -4.00. The van der Waals surface area contributed by atoms with E-state index in [0.717, 1.165) is 6.92 Å². The van der Waals surface area contributed by atoms with Crippen molar-refractivity contribution in [1.82, 2.24) is 0 Å². The normalized spacial score (nSPS) is 9.56.